The van der Waals surface area contributed by atoms with Gasteiger partial charge in [0.05, 0.1) is 39.1 Å². The average molecular weight is 488 g/mol. The van der Waals surface area contributed by atoms with E-state index in [1.165, 1.54) is 23.0 Å². The summed E-state index contributed by atoms with van der Waals surface area (Å²) in [7, 11) is -5.52. The van der Waals surface area contributed by atoms with E-state index in [0.29, 0.717) is 5.69 Å². The lowest BCUT2D eigenvalue weighted by molar-refractivity contribution is -0.0435. The topological polar surface area (TPSA) is 140 Å². The van der Waals surface area contributed by atoms with Crippen LogP contribution in [0.25, 0.3) is 27.6 Å². The lowest BCUT2D eigenvalue weighted by Gasteiger charge is -2.07. The number of imidazole rings is 1. The average Bonchev–Trinajstić information content (AvgIpc) is 3.46. The Morgan fingerprint density at radius 3 is 2.56 bits per heavy atom. The van der Waals surface area contributed by atoms with E-state index < -0.39 is 26.0 Å². The Kier molecular flexibility index (Phi) is 4.59. The number of rotatable bonds is 4. The van der Waals surface area contributed by atoms with Crippen LogP contribution < -0.4 is 5.73 Å². The largest absolute Gasteiger partial charge is 0.501 e. The number of alkyl halides is 3. The Labute approximate surface area is 189 Å². The number of anilines is 1. The molecule has 4 N–H and O–H groups in total. The number of nitrogens with one attached hydrogen (secondary N) is 2. The standard InChI is InChI=1S/C21H15F3N6O3S/c1-10-27-16-4-2-12(8-17(16)28-10)30-20(25)14(9-26-30)19(31)18-7-11-6-13(3-5-15(11)29-18)34(32,33)21(22,23)24/h2-9,29H,25H2,1H3,(H,27,28). The normalized spacial score (nSPS) is 12.6. The molecule has 9 nitrogen and oxygen atoms in total. The van der Waals surface area contributed by atoms with Crippen LogP contribution in [-0.4, -0.2) is 44.4 Å². The van der Waals surface area contributed by atoms with E-state index in [-0.39, 0.29) is 28.0 Å². The summed E-state index contributed by atoms with van der Waals surface area (Å²) in [5, 5.41) is 4.32. The highest BCUT2D eigenvalue weighted by molar-refractivity contribution is 7.92. The molecule has 0 aliphatic heterocycles. The number of hydrogen-bond acceptors (Lipinski definition) is 6. The summed E-state index contributed by atoms with van der Waals surface area (Å²) in [4.78, 5) is 22.4. The van der Waals surface area contributed by atoms with Crippen molar-refractivity contribution in [2.45, 2.75) is 17.3 Å². The monoisotopic (exact) mass is 488 g/mol. The smallest absolute Gasteiger partial charge is 0.383 e. The molecule has 0 unspecified atom stereocenters. The fourth-order valence-corrected chi connectivity index (χ4v) is 4.47. The van der Waals surface area contributed by atoms with E-state index in [1.807, 2.05) is 6.92 Å². The van der Waals surface area contributed by atoms with Crippen molar-refractivity contribution >= 4 is 43.4 Å². The van der Waals surface area contributed by atoms with Crippen LogP contribution in [0.4, 0.5) is 19.0 Å². The second kappa shape index (κ2) is 7.18. The van der Waals surface area contributed by atoms with E-state index in [4.69, 9.17) is 5.73 Å². The number of carbonyl (C=O) groups excluding carboxylic acids is 1. The van der Waals surface area contributed by atoms with E-state index in [9.17, 15) is 26.4 Å². The molecule has 0 fully saturated rings. The van der Waals surface area contributed by atoms with Gasteiger partial charge in [0.15, 0.2) is 0 Å². The molecule has 0 radical (unpaired) electrons. The van der Waals surface area contributed by atoms with Crippen LogP contribution in [0.1, 0.15) is 21.9 Å². The Morgan fingerprint density at radius 1 is 1.06 bits per heavy atom. The van der Waals surface area contributed by atoms with Gasteiger partial charge in [-0.15, -0.1) is 0 Å². The van der Waals surface area contributed by atoms with Gasteiger partial charge in [0.25, 0.3) is 9.84 Å². The molecule has 3 heterocycles. The van der Waals surface area contributed by atoms with Gasteiger partial charge < -0.3 is 15.7 Å². The SMILES string of the molecule is Cc1nc2ccc(-n3ncc(C(=O)c4cc5cc(S(=O)(=O)C(F)(F)F)ccc5[nH]4)c3N)cc2[nH]1. The highest BCUT2D eigenvalue weighted by Crippen LogP contribution is 2.32. The predicted molar refractivity (Wildman–Crippen MR) is 117 cm³/mol. The van der Waals surface area contributed by atoms with Gasteiger partial charge in [-0.05, 0) is 49.4 Å². The number of aromatic amines is 2. The third-order valence-corrected chi connectivity index (χ3v) is 6.82. The van der Waals surface area contributed by atoms with Crippen LogP contribution in [0, 0.1) is 6.92 Å². The predicted octanol–water partition coefficient (Wildman–Crippen LogP) is 3.65. The van der Waals surface area contributed by atoms with Crippen molar-refractivity contribution in [1.29, 1.82) is 0 Å². The summed E-state index contributed by atoms with van der Waals surface area (Å²) in [6.07, 6.45) is 1.28. The fourth-order valence-electron chi connectivity index (χ4n) is 3.67. The Bertz CT molecular complexity index is 1710. The van der Waals surface area contributed by atoms with Gasteiger partial charge in [-0.25, -0.2) is 18.1 Å². The molecular formula is C21H15F3N6O3S. The van der Waals surface area contributed by atoms with Crippen LogP contribution >= 0.6 is 0 Å². The van der Waals surface area contributed by atoms with Gasteiger partial charge in [-0.3, -0.25) is 4.79 Å². The summed E-state index contributed by atoms with van der Waals surface area (Å²) in [5.74, 6) is 0.236. The van der Waals surface area contributed by atoms with Crippen molar-refractivity contribution < 1.29 is 26.4 Å². The van der Waals surface area contributed by atoms with E-state index in [1.54, 1.807) is 18.2 Å². The van der Waals surface area contributed by atoms with Crippen molar-refractivity contribution in [2.24, 2.45) is 0 Å². The first-order valence-corrected chi connectivity index (χ1v) is 11.2. The van der Waals surface area contributed by atoms with Gasteiger partial charge in [0.1, 0.15) is 11.6 Å². The third kappa shape index (κ3) is 3.32. The molecule has 0 spiro atoms. The molecule has 34 heavy (non-hydrogen) atoms. The molecule has 3 aromatic heterocycles. The first-order valence-electron chi connectivity index (χ1n) is 9.75. The van der Waals surface area contributed by atoms with E-state index in [2.05, 4.69) is 20.1 Å². The number of nitrogen functional groups attached to an aromatic ring is 1. The molecule has 0 amide bonds. The van der Waals surface area contributed by atoms with Crippen molar-refractivity contribution in [2.75, 3.05) is 5.73 Å². The van der Waals surface area contributed by atoms with Crippen LogP contribution in [0.3, 0.4) is 0 Å². The Balaban J connectivity index is 1.51. The third-order valence-electron chi connectivity index (χ3n) is 5.33. The number of carbonyl (C=O) groups is 1. The highest BCUT2D eigenvalue weighted by atomic mass is 32.2. The van der Waals surface area contributed by atoms with Gasteiger partial charge in [-0.2, -0.15) is 18.3 Å². The minimum atomic E-state index is -5.52. The molecule has 5 aromatic rings. The van der Waals surface area contributed by atoms with E-state index in [0.717, 1.165) is 29.0 Å². The number of halogens is 3. The van der Waals surface area contributed by atoms with E-state index >= 15 is 0 Å². The zero-order chi connectivity index (χ0) is 24.4. The zero-order valence-electron chi connectivity index (χ0n) is 17.3. The van der Waals surface area contributed by atoms with Crippen molar-refractivity contribution in [1.82, 2.24) is 24.7 Å². The van der Waals surface area contributed by atoms with Crippen molar-refractivity contribution in [3.8, 4) is 5.69 Å². The summed E-state index contributed by atoms with van der Waals surface area (Å²) in [6, 6.07) is 9.42. The first-order chi connectivity index (χ1) is 16.0. The number of fused-ring (bicyclic) bond motifs is 2. The molecule has 0 aliphatic carbocycles. The number of sulfone groups is 1. The molecule has 0 saturated carbocycles. The van der Waals surface area contributed by atoms with Crippen molar-refractivity contribution in [3.63, 3.8) is 0 Å². The second-order valence-corrected chi connectivity index (χ2v) is 9.53. The molecule has 0 atom stereocenters. The minimum Gasteiger partial charge on any atom is -0.383 e. The Hall–Kier alpha value is -4.13. The number of benzene rings is 2. The van der Waals surface area contributed by atoms with Crippen molar-refractivity contribution in [3.05, 3.63) is 65.7 Å². The number of hydrogen-bond donors (Lipinski definition) is 3. The van der Waals surface area contributed by atoms with Crippen LogP contribution in [-0.2, 0) is 9.84 Å². The lowest BCUT2D eigenvalue weighted by atomic mass is 10.1. The van der Waals surface area contributed by atoms with Crippen LogP contribution in [0.5, 0.6) is 0 Å². The molecule has 174 valence electrons. The van der Waals surface area contributed by atoms with Crippen LogP contribution in [0.2, 0.25) is 0 Å². The fraction of sp³-hybridized carbons (Fsp3) is 0.0952. The lowest BCUT2D eigenvalue weighted by Crippen LogP contribution is -2.23. The Morgan fingerprint density at radius 2 is 1.82 bits per heavy atom. The molecule has 5 rings (SSSR count). The zero-order valence-corrected chi connectivity index (χ0v) is 18.1. The van der Waals surface area contributed by atoms with Crippen LogP contribution in [0.15, 0.2) is 53.6 Å². The molecular weight excluding hydrogens is 473 g/mol. The number of H-pyrrole nitrogens is 2. The summed E-state index contributed by atoms with van der Waals surface area (Å²) < 4.78 is 63.4. The number of ketones is 1. The number of aromatic nitrogens is 5. The number of nitrogens with zero attached hydrogens (tertiary/aromatic N) is 3. The van der Waals surface area contributed by atoms with Gasteiger partial charge in [0.2, 0.25) is 5.78 Å². The number of nitrogens with two attached hydrogens (primary N) is 1. The maximum atomic E-state index is 13.1. The minimum absolute atomic E-state index is 0.0162. The summed E-state index contributed by atoms with van der Waals surface area (Å²) in [6.45, 7) is 1.82. The number of aryl methyl sites for hydroxylation is 1. The maximum Gasteiger partial charge on any atom is 0.501 e. The molecule has 0 aliphatic rings. The van der Waals surface area contributed by atoms with Gasteiger partial charge in [0, 0.05) is 10.9 Å². The molecule has 13 heteroatoms. The molecule has 0 saturated heterocycles. The van der Waals surface area contributed by atoms with Gasteiger partial charge in [-0.1, -0.05) is 0 Å². The first kappa shape index (κ1) is 21.7. The molecule has 0 bridgehead atoms. The second-order valence-electron chi connectivity index (χ2n) is 7.59. The quantitative estimate of drug-likeness (QED) is 0.330. The summed E-state index contributed by atoms with van der Waals surface area (Å²) in [5.41, 5.74) is 3.23. The maximum absolute atomic E-state index is 13.1. The summed E-state index contributed by atoms with van der Waals surface area (Å²) >= 11 is 0. The molecule has 2 aromatic carbocycles. The van der Waals surface area contributed by atoms with Gasteiger partial charge >= 0.3 is 5.51 Å². The highest BCUT2D eigenvalue weighted by Gasteiger charge is 2.46.